The number of aryl methyl sites for hydroxylation is 2. The molecular formula is C12H15ClN4. The van der Waals surface area contributed by atoms with Crippen LogP contribution in [0.4, 0.5) is 0 Å². The van der Waals surface area contributed by atoms with Crippen molar-refractivity contribution in [2.75, 3.05) is 0 Å². The summed E-state index contributed by atoms with van der Waals surface area (Å²) in [5, 5.41) is 4.95. The summed E-state index contributed by atoms with van der Waals surface area (Å²) in [6, 6.07) is 2.02. The highest BCUT2D eigenvalue weighted by molar-refractivity contribution is 6.30. The average molecular weight is 251 g/mol. The van der Waals surface area contributed by atoms with Crippen LogP contribution in [0.5, 0.6) is 0 Å². The summed E-state index contributed by atoms with van der Waals surface area (Å²) in [4.78, 5) is 8.34. The molecule has 0 bridgehead atoms. The van der Waals surface area contributed by atoms with Gasteiger partial charge in [0.1, 0.15) is 11.5 Å². The van der Waals surface area contributed by atoms with Gasteiger partial charge in [-0.2, -0.15) is 5.10 Å². The lowest BCUT2D eigenvalue weighted by Crippen LogP contribution is -2.07. The van der Waals surface area contributed by atoms with Crippen molar-refractivity contribution in [1.29, 1.82) is 0 Å². The van der Waals surface area contributed by atoms with Crippen LogP contribution in [0.1, 0.15) is 30.3 Å². The first-order valence-electron chi connectivity index (χ1n) is 5.66. The van der Waals surface area contributed by atoms with E-state index >= 15 is 0 Å². The maximum atomic E-state index is 6.12. The number of halogens is 1. The lowest BCUT2D eigenvalue weighted by molar-refractivity contribution is 0.772. The van der Waals surface area contributed by atoms with Crippen LogP contribution in [0.2, 0.25) is 5.15 Å². The molecule has 2 rings (SSSR count). The Morgan fingerprint density at radius 2 is 2.06 bits per heavy atom. The Morgan fingerprint density at radius 1 is 1.29 bits per heavy atom. The zero-order chi connectivity index (χ0) is 12.4. The van der Waals surface area contributed by atoms with Crippen molar-refractivity contribution in [2.45, 2.75) is 33.6 Å². The molecule has 0 spiro atoms. The highest BCUT2D eigenvalue weighted by Crippen LogP contribution is 2.21. The van der Waals surface area contributed by atoms with E-state index < -0.39 is 0 Å². The van der Waals surface area contributed by atoms with E-state index in [-0.39, 0.29) is 0 Å². The summed E-state index contributed by atoms with van der Waals surface area (Å²) >= 11 is 6.12. The molecule has 0 aliphatic heterocycles. The SMILES string of the molecule is CCCc1c(Cl)ncnc1-n1nc(C)cc1C. The summed E-state index contributed by atoms with van der Waals surface area (Å²) in [6.07, 6.45) is 3.33. The second kappa shape index (κ2) is 4.84. The Kier molecular flexibility index (Phi) is 3.43. The van der Waals surface area contributed by atoms with E-state index in [0.717, 1.165) is 35.6 Å². The third kappa shape index (κ3) is 2.31. The van der Waals surface area contributed by atoms with E-state index in [1.165, 1.54) is 6.33 Å². The summed E-state index contributed by atoms with van der Waals surface area (Å²) < 4.78 is 1.83. The van der Waals surface area contributed by atoms with E-state index in [2.05, 4.69) is 22.0 Å². The van der Waals surface area contributed by atoms with E-state index in [1.54, 1.807) is 0 Å². The van der Waals surface area contributed by atoms with Gasteiger partial charge in [0.25, 0.3) is 0 Å². The quantitative estimate of drug-likeness (QED) is 0.787. The minimum atomic E-state index is 0.518. The standard InChI is InChI=1S/C12H15ClN4/c1-4-5-10-11(13)14-7-15-12(10)17-9(3)6-8(2)16-17/h6-7H,4-5H2,1-3H3. The number of nitrogens with zero attached hydrogens (tertiary/aromatic N) is 4. The van der Waals surface area contributed by atoms with Gasteiger partial charge in [0, 0.05) is 11.3 Å². The first kappa shape index (κ1) is 12.0. The molecule has 2 heterocycles. The van der Waals surface area contributed by atoms with Crippen LogP contribution in [-0.2, 0) is 6.42 Å². The van der Waals surface area contributed by atoms with Gasteiger partial charge < -0.3 is 0 Å². The van der Waals surface area contributed by atoms with Gasteiger partial charge >= 0.3 is 0 Å². The minimum absolute atomic E-state index is 0.518. The first-order valence-corrected chi connectivity index (χ1v) is 6.04. The summed E-state index contributed by atoms with van der Waals surface area (Å²) in [6.45, 7) is 6.08. The van der Waals surface area contributed by atoms with Crippen LogP contribution < -0.4 is 0 Å². The molecule has 2 aromatic heterocycles. The molecule has 4 nitrogen and oxygen atoms in total. The fourth-order valence-corrected chi connectivity index (χ4v) is 2.10. The van der Waals surface area contributed by atoms with Crippen LogP contribution >= 0.6 is 11.6 Å². The second-order valence-corrected chi connectivity index (χ2v) is 4.41. The topological polar surface area (TPSA) is 43.6 Å². The predicted octanol–water partition coefficient (Wildman–Crippen LogP) is 2.89. The van der Waals surface area contributed by atoms with Gasteiger partial charge in [0.05, 0.1) is 5.69 Å². The molecule has 0 saturated carbocycles. The first-order chi connectivity index (χ1) is 8.13. The van der Waals surface area contributed by atoms with Gasteiger partial charge in [-0.15, -0.1) is 0 Å². The normalized spacial score (nSPS) is 10.8. The zero-order valence-corrected chi connectivity index (χ0v) is 11.0. The van der Waals surface area contributed by atoms with E-state index in [4.69, 9.17) is 11.6 Å². The van der Waals surface area contributed by atoms with Crippen molar-refractivity contribution in [3.63, 3.8) is 0 Å². The molecule has 0 radical (unpaired) electrons. The molecule has 2 aromatic rings. The van der Waals surface area contributed by atoms with Crippen molar-refractivity contribution >= 4 is 11.6 Å². The molecule has 90 valence electrons. The van der Waals surface area contributed by atoms with Crippen molar-refractivity contribution in [3.8, 4) is 5.82 Å². The van der Waals surface area contributed by atoms with Crippen LogP contribution in [0.15, 0.2) is 12.4 Å². The number of rotatable bonds is 3. The second-order valence-electron chi connectivity index (χ2n) is 4.06. The lowest BCUT2D eigenvalue weighted by atomic mass is 10.2. The molecule has 0 unspecified atom stereocenters. The highest BCUT2D eigenvalue weighted by atomic mass is 35.5. The Morgan fingerprint density at radius 3 is 2.65 bits per heavy atom. The molecule has 0 aromatic carbocycles. The molecular weight excluding hydrogens is 236 g/mol. The predicted molar refractivity (Wildman–Crippen MR) is 67.6 cm³/mol. The monoisotopic (exact) mass is 250 g/mol. The van der Waals surface area contributed by atoms with Crippen LogP contribution in [0, 0.1) is 13.8 Å². The van der Waals surface area contributed by atoms with Gasteiger partial charge in [-0.1, -0.05) is 24.9 Å². The largest absolute Gasteiger partial charge is 0.224 e. The Balaban J connectivity index is 2.58. The molecule has 0 N–H and O–H groups in total. The molecule has 0 atom stereocenters. The lowest BCUT2D eigenvalue weighted by Gasteiger charge is -2.09. The Hall–Kier alpha value is -1.42. The average Bonchev–Trinajstić information content (AvgIpc) is 2.61. The smallest absolute Gasteiger partial charge is 0.161 e. The van der Waals surface area contributed by atoms with E-state index in [1.807, 2.05) is 24.6 Å². The third-order valence-corrected chi connectivity index (χ3v) is 2.91. The number of aromatic nitrogens is 4. The maximum absolute atomic E-state index is 6.12. The molecule has 0 aliphatic carbocycles. The van der Waals surface area contributed by atoms with Gasteiger partial charge in [0.15, 0.2) is 5.82 Å². The van der Waals surface area contributed by atoms with Crippen molar-refractivity contribution in [3.05, 3.63) is 34.5 Å². The third-order valence-electron chi connectivity index (χ3n) is 2.58. The van der Waals surface area contributed by atoms with Crippen molar-refractivity contribution < 1.29 is 0 Å². The van der Waals surface area contributed by atoms with Gasteiger partial charge in [-0.05, 0) is 26.3 Å². The summed E-state index contributed by atoms with van der Waals surface area (Å²) in [7, 11) is 0. The highest BCUT2D eigenvalue weighted by Gasteiger charge is 2.13. The molecule has 17 heavy (non-hydrogen) atoms. The molecule has 0 fully saturated rings. The fourth-order valence-electron chi connectivity index (χ4n) is 1.87. The van der Waals surface area contributed by atoms with Crippen LogP contribution in [0.25, 0.3) is 5.82 Å². The van der Waals surface area contributed by atoms with E-state index in [9.17, 15) is 0 Å². The number of hydrogen-bond acceptors (Lipinski definition) is 3. The molecule has 0 aliphatic rings. The van der Waals surface area contributed by atoms with E-state index in [0.29, 0.717) is 5.15 Å². The van der Waals surface area contributed by atoms with Gasteiger partial charge in [-0.3, -0.25) is 0 Å². The summed E-state index contributed by atoms with van der Waals surface area (Å²) in [5.74, 6) is 0.789. The van der Waals surface area contributed by atoms with Crippen molar-refractivity contribution in [1.82, 2.24) is 19.7 Å². The minimum Gasteiger partial charge on any atom is -0.224 e. The van der Waals surface area contributed by atoms with Crippen molar-refractivity contribution in [2.24, 2.45) is 0 Å². The maximum Gasteiger partial charge on any atom is 0.161 e. The van der Waals surface area contributed by atoms with Gasteiger partial charge in [0.2, 0.25) is 0 Å². The fraction of sp³-hybridized carbons (Fsp3) is 0.417. The zero-order valence-electron chi connectivity index (χ0n) is 10.2. The number of hydrogen-bond donors (Lipinski definition) is 0. The van der Waals surface area contributed by atoms with Crippen LogP contribution in [0.3, 0.4) is 0 Å². The van der Waals surface area contributed by atoms with Crippen LogP contribution in [-0.4, -0.2) is 19.7 Å². The van der Waals surface area contributed by atoms with Gasteiger partial charge in [-0.25, -0.2) is 14.6 Å². The molecule has 5 heteroatoms. The molecule has 0 saturated heterocycles. The summed E-state index contributed by atoms with van der Waals surface area (Å²) in [5.41, 5.74) is 2.98. The molecule has 0 amide bonds. The Bertz CT molecular complexity index is 533. The Labute approximate surface area is 106 Å².